The number of rotatable bonds is 4. The fourth-order valence-corrected chi connectivity index (χ4v) is 2.20. The highest BCUT2D eigenvalue weighted by molar-refractivity contribution is 7.09. The third-order valence-corrected chi connectivity index (χ3v) is 3.28. The predicted molar refractivity (Wildman–Crippen MR) is 70.1 cm³/mol. The first-order chi connectivity index (χ1) is 8.67. The molecule has 0 fully saturated rings. The van der Waals surface area contributed by atoms with Crippen LogP contribution in [0.5, 0.6) is 11.5 Å². The van der Waals surface area contributed by atoms with Crippen molar-refractivity contribution in [1.82, 2.24) is 14.8 Å². The Balaban J connectivity index is 2.49. The quantitative estimate of drug-likeness (QED) is 0.843. The van der Waals surface area contributed by atoms with Crippen molar-refractivity contribution in [2.75, 3.05) is 26.2 Å². The molecule has 1 aromatic carbocycles. The fourth-order valence-electron chi connectivity index (χ4n) is 1.77. The predicted octanol–water partition coefficient (Wildman–Crippen LogP) is 2.03. The maximum atomic E-state index is 5.40. The molecule has 0 spiro atoms. The van der Waals surface area contributed by atoms with Gasteiger partial charge in [-0.1, -0.05) is 9.59 Å². The van der Waals surface area contributed by atoms with E-state index in [9.17, 15) is 0 Å². The van der Waals surface area contributed by atoms with E-state index in [1.54, 1.807) is 14.2 Å². The van der Waals surface area contributed by atoms with Crippen LogP contribution in [0.4, 0.5) is 10.8 Å². The van der Waals surface area contributed by atoms with Crippen LogP contribution in [-0.4, -0.2) is 36.1 Å². The summed E-state index contributed by atoms with van der Waals surface area (Å²) >= 11 is 1.23. The van der Waals surface area contributed by atoms with Crippen molar-refractivity contribution in [2.45, 2.75) is 6.92 Å². The lowest BCUT2D eigenvalue weighted by Gasteiger charge is -2.21. The standard InChI is InChI=1S/C11H14N4O2S/c1-7-5-8(16-3)6-9(17-4)10(7)15(2)11-12-13-14-18-11/h5-6H,1-4H3. The van der Waals surface area contributed by atoms with Crippen LogP contribution in [0.2, 0.25) is 0 Å². The minimum Gasteiger partial charge on any atom is -0.497 e. The van der Waals surface area contributed by atoms with Crippen LogP contribution in [0.3, 0.4) is 0 Å². The van der Waals surface area contributed by atoms with Gasteiger partial charge < -0.3 is 14.4 Å². The lowest BCUT2D eigenvalue weighted by Crippen LogP contribution is -2.12. The second kappa shape index (κ2) is 5.18. The number of nitrogens with zero attached hydrogens (tertiary/aromatic N) is 4. The topological polar surface area (TPSA) is 60.4 Å². The van der Waals surface area contributed by atoms with Gasteiger partial charge in [0.15, 0.2) is 0 Å². The van der Waals surface area contributed by atoms with Crippen LogP contribution in [0, 0.1) is 6.92 Å². The number of aryl methyl sites for hydroxylation is 1. The molecule has 0 aliphatic rings. The smallest absolute Gasteiger partial charge is 0.232 e. The molecule has 18 heavy (non-hydrogen) atoms. The summed E-state index contributed by atoms with van der Waals surface area (Å²) < 4.78 is 14.4. The molecule has 1 aromatic heterocycles. The first kappa shape index (κ1) is 12.6. The average molecular weight is 266 g/mol. The van der Waals surface area contributed by atoms with Gasteiger partial charge in [0, 0.05) is 24.6 Å². The molecule has 2 aromatic rings. The Morgan fingerprint density at radius 2 is 2.00 bits per heavy atom. The number of hydrogen-bond donors (Lipinski definition) is 0. The van der Waals surface area contributed by atoms with Crippen LogP contribution in [0.15, 0.2) is 12.1 Å². The fraction of sp³-hybridized carbons (Fsp3) is 0.364. The largest absolute Gasteiger partial charge is 0.497 e. The van der Waals surface area contributed by atoms with E-state index in [-0.39, 0.29) is 0 Å². The Morgan fingerprint density at radius 1 is 1.22 bits per heavy atom. The van der Waals surface area contributed by atoms with Crippen molar-refractivity contribution in [2.24, 2.45) is 0 Å². The van der Waals surface area contributed by atoms with E-state index in [0.29, 0.717) is 5.13 Å². The minimum atomic E-state index is 0.710. The molecule has 0 unspecified atom stereocenters. The van der Waals surface area contributed by atoms with Gasteiger partial charge in [-0.15, -0.1) is 0 Å². The summed E-state index contributed by atoms with van der Waals surface area (Å²) in [4.78, 5) is 1.90. The second-order valence-electron chi connectivity index (χ2n) is 3.70. The summed E-state index contributed by atoms with van der Waals surface area (Å²) in [5.41, 5.74) is 1.96. The zero-order chi connectivity index (χ0) is 13.1. The van der Waals surface area contributed by atoms with Crippen LogP contribution < -0.4 is 14.4 Å². The number of anilines is 2. The molecule has 0 bridgehead atoms. The van der Waals surface area contributed by atoms with Gasteiger partial charge in [0.05, 0.1) is 19.9 Å². The molecule has 7 heteroatoms. The molecule has 0 atom stereocenters. The maximum Gasteiger partial charge on any atom is 0.232 e. The van der Waals surface area contributed by atoms with Gasteiger partial charge in [-0.05, 0) is 23.8 Å². The lowest BCUT2D eigenvalue weighted by atomic mass is 10.1. The summed E-state index contributed by atoms with van der Waals surface area (Å²) in [5, 5.41) is 8.26. The van der Waals surface area contributed by atoms with E-state index in [1.807, 2.05) is 31.0 Å². The molecule has 0 saturated carbocycles. The van der Waals surface area contributed by atoms with Crippen molar-refractivity contribution in [3.05, 3.63) is 17.7 Å². The molecule has 96 valence electrons. The van der Waals surface area contributed by atoms with Crippen molar-refractivity contribution in [3.63, 3.8) is 0 Å². The molecule has 0 amide bonds. The van der Waals surface area contributed by atoms with Gasteiger partial charge in [0.2, 0.25) is 5.13 Å². The van der Waals surface area contributed by atoms with Gasteiger partial charge in [0.1, 0.15) is 11.5 Å². The van der Waals surface area contributed by atoms with Crippen LogP contribution in [0.25, 0.3) is 0 Å². The maximum absolute atomic E-state index is 5.40. The molecule has 0 aliphatic carbocycles. The zero-order valence-electron chi connectivity index (χ0n) is 10.7. The lowest BCUT2D eigenvalue weighted by molar-refractivity contribution is 0.394. The second-order valence-corrected chi connectivity index (χ2v) is 4.41. The van der Waals surface area contributed by atoms with Crippen molar-refractivity contribution < 1.29 is 9.47 Å². The average Bonchev–Trinajstić information content (AvgIpc) is 2.90. The number of hydrogen-bond acceptors (Lipinski definition) is 7. The number of ether oxygens (including phenoxy) is 2. The number of methoxy groups -OCH3 is 2. The molecule has 0 N–H and O–H groups in total. The van der Waals surface area contributed by atoms with Gasteiger partial charge >= 0.3 is 0 Å². The summed E-state index contributed by atoms with van der Waals surface area (Å²) in [6.45, 7) is 1.99. The Hall–Kier alpha value is -1.89. The normalized spacial score (nSPS) is 10.2. The highest BCUT2D eigenvalue weighted by Gasteiger charge is 2.17. The molecule has 6 nitrogen and oxygen atoms in total. The van der Waals surface area contributed by atoms with Crippen molar-refractivity contribution in [3.8, 4) is 11.5 Å². The van der Waals surface area contributed by atoms with Crippen LogP contribution in [-0.2, 0) is 0 Å². The van der Waals surface area contributed by atoms with E-state index >= 15 is 0 Å². The van der Waals surface area contributed by atoms with E-state index in [2.05, 4.69) is 14.8 Å². The molecule has 2 rings (SSSR count). The third-order valence-electron chi connectivity index (χ3n) is 2.61. The highest BCUT2D eigenvalue weighted by Crippen LogP contribution is 2.38. The zero-order valence-corrected chi connectivity index (χ0v) is 11.5. The van der Waals surface area contributed by atoms with Gasteiger partial charge in [0.25, 0.3) is 0 Å². The molecule has 0 saturated heterocycles. The Bertz CT molecular complexity index is 530. The number of benzene rings is 1. The summed E-state index contributed by atoms with van der Waals surface area (Å²) in [6.07, 6.45) is 0. The van der Waals surface area contributed by atoms with Crippen molar-refractivity contribution >= 4 is 22.4 Å². The minimum absolute atomic E-state index is 0.710. The molecule has 1 heterocycles. The summed E-state index contributed by atoms with van der Waals surface area (Å²) in [7, 11) is 5.16. The van der Waals surface area contributed by atoms with Crippen LogP contribution >= 0.6 is 11.5 Å². The van der Waals surface area contributed by atoms with Gasteiger partial charge in [-0.2, -0.15) is 0 Å². The SMILES string of the molecule is COc1cc(C)c(N(C)c2nnns2)c(OC)c1. The highest BCUT2D eigenvalue weighted by atomic mass is 32.1. The monoisotopic (exact) mass is 266 g/mol. The first-order valence-corrected chi connectivity index (χ1v) is 6.06. The summed E-state index contributed by atoms with van der Waals surface area (Å²) in [6, 6.07) is 3.79. The molecule has 0 radical (unpaired) electrons. The van der Waals surface area contributed by atoms with E-state index in [4.69, 9.17) is 9.47 Å². The number of aromatic nitrogens is 3. The first-order valence-electron chi connectivity index (χ1n) is 5.28. The van der Waals surface area contributed by atoms with Gasteiger partial charge in [-0.25, -0.2) is 0 Å². The molecule has 0 aliphatic heterocycles. The Kier molecular flexibility index (Phi) is 3.61. The van der Waals surface area contributed by atoms with E-state index in [0.717, 1.165) is 22.7 Å². The summed E-state index contributed by atoms with van der Waals surface area (Å²) in [5.74, 6) is 1.49. The Labute approximate surface area is 109 Å². The van der Waals surface area contributed by atoms with Gasteiger partial charge in [-0.3, -0.25) is 0 Å². The third kappa shape index (κ3) is 2.21. The molecular formula is C11H14N4O2S. The van der Waals surface area contributed by atoms with E-state index < -0.39 is 0 Å². The van der Waals surface area contributed by atoms with Crippen LogP contribution in [0.1, 0.15) is 5.56 Å². The van der Waals surface area contributed by atoms with E-state index in [1.165, 1.54) is 11.5 Å². The Morgan fingerprint density at radius 3 is 2.56 bits per heavy atom. The molecular weight excluding hydrogens is 252 g/mol. The van der Waals surface area contributed by atoms with Crippen molar-refractivity contribution in [1.29, 1.82) is 0 Å².